The predicted molar refractivity (Wildman–Crippen MR) is 66.9 cm³/mol. The fourth-order valence-electron chi connectivity index (χ4n) is 1.58. The number of hydrogen-bond donors (Lipinski definition) is 2. The van der Waals surface area contributed by atoms with Crippen LogP contribution in [0, 0.1) is 15.9 Å². The molecule has 0 saturated heterocycles. The zero-order valence-electron chi connectivity index (χ0n) is 10.6. The van der Waals surface area contributed by atoms with Gasteiger partial charge in [0, 0.05) is 12.1 Å². The van der Waals surface area contributed by atoms with Gasteiger partial charge in [-0.3, -0.25) is 14.9 Å². The van der Waals surface area contributed by atoms with Crippen molar-refractivity contribution in [3.63, 3.8) is 0 Å². The maximum atomic E-state index is 13.5. The number of nitrogens with zero attached hydrogens (tertiary/aromatic N) is 1. The first-order valence-corrected chi connectivity index (χ1v) is 5.84. The highest BCUT2D eigenvalue weighted by molar-refractivity contribution is 5.97. The number of nitro groups is 1. The van der Waals surface area contributed by atoms with E-state index in [0.29, 0.717) is 6.42 Å². The van der Waals surface area contributed by atoms with Crippen LogP contribution in [-0.4, -0.2) is 27.9 Å². The molecule has 7 nitrogen and oxygen atoms in total. The number of nitro benzene ring substituents is 1. The first-order chi connectivity index (χ1) is 9.36. The predicted octanol–water partition coefficient (Wildman–Crippen LogP) is 1.72. The molecule has 0 aliphatic carbocycles. The molecule has 0 bridgehead atoms. The van der Waals surface area contributed by atoms with E-state index in [1.54, 1.807) is 6.92 Å². The van der Waals surface area contributed by atoms with Crippen molar-refractivity contribution >= 4 is 17.6 Å². The van der Waals surface area contributed by atoms with E-state index in [4.69, 9.17) is 5.11 Å². The smallest absolute Gasteiger partial charge is 0.326 e. The van der Waals surface area contributed by atoms with Crippen LogP contribution >= 0.6 is 0 Å². The summed E-state index contributed by atoms with van der Waals surface area (Å²) in [7, 11) is 0. The first kappa shape index (κ1) is 15.5. The van der Waals surface area contributed by atoms with Crippen LogP contribution < -0.4 is 5.32 Å². The van der Waals surface area contributed by atoms with Crippen LogP contribution in [0.3, 0.4) is 0 Å². The third kappa shape index (κ3) is 3.74. The summed E-state index contributed by atoms with van der Waals surface area (Å²) in [6.07, 6.45) is 0.687. The molecule has 0 aliphatic rings. The number of hydrogen-bond acceptors (Lipinski definition) is 4. The van der Waals surface area contributed by atoms with Gasteiger partial charge in [-0.05, 0) is 12.5 Å². The lowest BCUT2D eigenvalue weighted by Crippen LogP contribution is -2.41. The van der Waals surface area contributed by atoms with Crippen LogP contribution in [0.2, 0.25) is 0 Å². The Morgan fingerprint density at radius 3 is 2.65 bits per heavy atom. The SMILES string of the molecule is CCC[C@@H](NC(=O)c1cc([N+](=O)[O-])ccc1F)C(=O)O. The summed E-state index contributed by atoms with van der Waals surface area (Å²) in [6, 6.07) is 1.33. The second kappa shape index (κ2) is 6.60. The van der Waals surface area contributed by atoms with Gasteiger partial charge in [0.2, 0.25) is 0 Å². The second-order valence-electron chi connectivity index (χ2n) is 4.07. The average molecular weight is 284 g/mol. The van der Waals surface area contributed by atoms with Gasteiger partial charge in [0.05, 0.1) is 10.5 Å². The molecule has 1 atom stereocenters. The van der Waals surface area contributed by atoms with E-state index in [2.05, 4.69) is 5.32 Å². The van der Waals surface area contributed by atoms with E-state index in [1.807, 2.05) is 0 Å². The van der Waals surface area contributed by atoms with Crippen molar-refractivity contribution < 1.29 is 24.0 Å². The molecule has 1 aromatic rings. The van der Waals surface area contributed by atoms with Gasteiger partial charge < -0.3 is 10.4 Å². The minimum absolute atomic E-state index is 0.178. The Hall–Kier alpha value is -2.51. The van der Waals surface area contributed by atoms with E-state index in [-0.39, 0.29) is 6.42 Å². The van der Waals surface area contributed by atoms with E-state index < -0.39 is 39.9 Å². The number of amides is 1. The summed E-state index contributed by atoms with van der Waals surface area (Å²) in [5.41, 5.74) is -1.000. The minimum atomic E-state index is -1.24. The molecular weight excluding hydrogens is 271 g/mol. The van der Waals surface area contributed by atoms with Crippen molar-refractivity contribution in [1.29, 1.82) is 0 Å². The highest BCUT2D eigenvalue weighted by atomic mass is 19.1. The summed E-state index contributed by atoms with van der Waals surface area (Å²) in [6.45, 7) is 1.73. The van der Waals surface area contributed by atoms with Crippen LogP contribution in [0.1, 0.15) is 30.1 Å². The molecule has 0 heterocycles. The van der Waals surface area contributed by atoms with E-state index in [9.17, 15) is 24.1 Å². The molecule has 0 aliphatic heterocycles. The molecule has 8 heteroatoms. The molecule has 0 fully saturated rings. The topological polar surface area (TPSA) is 110 Å². The summed E-state index contributed by atoms with van der Waals surface area (Å²) < 4.78 is 13.5. The van der Waals surface area contributed by atoms with Crippen molar-refractivity contribution in [3.8, 4) is 0 Å². The maximum absolute atomic E-state index is 13.5. The first-order valence-electron chi connectivity index (χ1n) is 5.84. The Bertz CT molecular complexity index is 547. The van der Waals surface area contributed by atoms with Crippen LogP contribution in [0.25, 0.3) is 0 Å². The van der Waals surface area contributed by atoms with Gasteiger partial charge >= 0.3 is 5.97 Å². The van der Waals surface area contributed by atoms with Crippen LogP contribution in [0.4, 0.5) is 10.1 Å². The van der Waals surface area contributed by atoms with Gasteiger partial charge in [0.25, 0.3) is 11.6 Å². The van der Waals surface area contributed by atoms with Gasteiger partial charge in [-0.15, -0.1) is 0 Å². The van der Waals surface area contributed by atoms with Gasteiger partial charge in [-0.1, -0.05) is 13.3 Å². The fraction of sp³-hybridized carbons (Fsp3) is 0.333. The lowest BCUT2D eigenvalue weighted by molar-refractivity contribution is -0.384. The third-order valence-electron chi connectivity index (χ3n) is 2.59. The number of non-ortho nitro benzene ring substituents is 1. The molecule has 0 aromatic heterocycles. The lowest BCUT2D eigenvalue weighted by Gasteiger charge is -2.13. The lowest BCUT2D eigenvalue weighted by atomic mass is 10.1. The number of carbonyl (C=O) groups excluding carboxylic acids is 1. The molecule has 2 N–H and O–H groups in total. The number of halogens is 1. The minimum Gasteiger partial charge on any atom is -0.480 e. The zero-order valence-corrected chi connectivity index (χ0v) is 10.6. The second-order valence-corrected chi connectivity index (χ2v) is 4.07. The average Bonchev–Trinajstić information content (AvgIpc) is 2.38. The molecular formula is C12H13FN2O5. The standard InChI is InChI=1S/C12H13FN2O5/c1-2-3-10(12(17)18)14-11(16)8-6-7(15(19)20)4-5-9(8)13/h4-6,10H,2-3H2,1H3,(H,14,16)(H,17,18)/t10-/m1/s1. The summed E-state index contributed by atoms with van der Waals surface area (Å²) in [5, 5.41) is 21.6. The normalized spacial score (nSPS) is 11.7. The molecule has 1 amide bonds. The number of carboxylic acids is 1. The number of aliphatic carboxylic acids is 1. The van der Waals surface area contributed by atoms with Crippen LogP contribution in [0.5, 0.6) is 0 Å². The number of nitrogens with one attached hydrogen (secondary N) is 1. The molecule has 0 radical (unpaired) electrons. The molecule has 0 spiro atoms. The highest BCUT2D eigenvalue weighted by Gasteiger charge is 2.23. The quantitative estimate of drug-likeness (QED) is 0.610. The molecule has 108 valence electrons. The molecule has 1 rings (SSSR count). The van der Waals surface area contributed by atoms with Crippen molar-refractivity contribution in [2.24, 2.45) is 0 Å². The maximum Gasteiger partial charge on any atom is 0.326 e. The molecule has 20 heavy (non-hydrogen) atoms. The summed E-state index contributed by atoms with van der Waals surface area (Å²) >= 11 is 0. The Morgan fingerprint density at radius 1 is 1.50 bits per heavy atom. The Kier molecular flexibility index (Phi) is 5.13. The van der Waals surface area contributed by atoms with Crippen LogP contribution in [-0.2, 0) is 4.79 Å². The number of rotatable bonds is 6. The van der Waals surface area contributed by atoms with Gasteiger partial charge in [-0.2, -0.15) is 0 Å². The van der Waals surface area contributed by atoms with Crippen LogP contribution in [0.15, 0.2) is 18.2 Å². The van der Waals surface area contributed by atoms with Crippen molar-refractivity contribution in [2.75, 3.05) is 0 Å². The Morgan fingerprint density at radius 2 is 2.15 bits per heavy atom. The largest absolute Gasteiger partial charge is 0.480 e. The highest BCUT2D eigenvalue weighted by Crippen LogP contribution is 2.17. The van der Waals surface area contributed by atoms with Crippen molar-refractivity contribution in [2.45, 2.75) is 25.8 Å². The number of carbonyl (C=O) groups is 2. The number of carboxylic acid groups (broad SMARTS) is 1. The van der Waals surface area contributed by atoms with Gasteiger partial charge in [0.1, 0.15) is 11.9 Å². The Balaban J connectivity index is 2.99. The number of benzene rings is 1. The van der Waals surface area contributed by atoms with E-state index in [0.717, 1.165) is 18.2 Å². The Labute approximate surface area is 113 Å². The molecule has 1 aromatic carbocycles. The molecule has 0 saturated carbocycles. The monoisotopic (exact) mass is 284 g/mol. The van der Waals surface area contributed by atoms with Gasteiger partial charge in [-0.25, -0.2) is 9.18 Å². The zero-order chi connectivity index (χ0) is 15.3. The summed E-state index contributed by atoms with van der Waals surface area (Å²) in [4.78, 5) is 32.5. The molecule has 0 unspecified atom stereocenters. The van der Waals surface area contributed by atoms with E-state index in [1.165, 1.54) is 0 Å². The fourth-order valence-corrected chi connectivity index (χ4v) is 1.58. The van der Waals surface area contributed by atoms with Crippen molar-refractivity contribution in [3.05, 3.63) is 39.7 Å². The van der Waals surface area contributed by atoms with Crippen molar-refractivity contribution in [1.82, 2.24) is 5.32 Å². The summed E-state index contributed by atoms with van der Waals surface area (Å²) in [5.74, 6) is -3.19. The van der Waals surface area contributed by atoms with Gasteiger partial charge in [0.15, 0.2) is 0 Å². The van der Waals surface area contributed by atoms with E-state index >= 15 is 0 Å². The third-order valence-corrected chi connectivity index (χ3v) is 2.59.